The molecule has 4 heterocycles. The molecule has 1 aliphatic carbocycles. The van der Waals surface area contributed by atoms with Crippen LogP contribution >= 0.6 is 0 Å². The van der Waals surface area contributed by atoms with Crippen LogP contribution in [0.2, 0.25) is 0 Å². The number of aldehydes is 1. The molecule has 1 atom stereocenters. The lowest BCUT2D eigenvalue weighted by Crippen LogP contribution is -2.61. The summed E-state index contributed by atoms with van der Waals surface area (Å²) in [5, 5.41) is 16.3. The average molecular weight is 786 g/mol. The van der Waals surface area contributed by atoms with Gasteiger partial charge in [-0.05, 0) is 119 Å². The predicted octanol–water partition coefficient (Wildman–Crippen LogP) is 6.39. The molecule has 13 heteroatoms. The number of imide groups is 1. The van der Waals surface area contributed by atoms with Crippen molar-refractivity contribution < 1.29 is 28.1 Å². The Labute approximate surface area is 337 Å². The number of halogens is 1. The number of anilines is 3. The molecule has 1 N–H and O–H groups in total. The van der Waals surface area contributed by atoms with Crippen molar-refractivity contribution in [2.45, 2.75) is 76.8 Å². The number of aromatic nitrogens is 1. The Hall–Kier alpha value is -5.87. The lowest BCUT2D eigenvalue weighted by Gasteiger charge is -2.49. The van der Waals surface area contributed by atoms with Crippen LogP contribution in [0, 0.1) is 43.8 Å². The van der Waals surface area contributed by atoms with E-state index < -0.39 is 29.6 Å². The summed E-state index contributed by atoms with van der Waals surface area (Å²) in [5.41, 5.74) is 7.20. The van der Waals surface area contributed by atoms with Gasteiger partial charge in [0.1, 0.15) is 17.6 Å². The van der Waals surface area contributed by atoms with Crippen molar-refractivity contribution in [2.24, 2.45) is 5.92 Å². The third-order valence-electron chi connectivity index (χ3n) is 12.8. The zero-order valence-corrected chi connectivity index (χ0v) is 33.4. The fourth-order valence-electron chi connectivity index (χ4n) is 8.97. The number of likely N-dealkylation sites (N-methyl/N-ethyl adjacent to an activating group) is 1. The summed E-state index contributed by atoms with van der Waals surface area (Å²) in [4.78, 5) is 57.4. The SMILES string of the molecule is Cc1ccc(-c2c(C)noc2C)cc1N(CC1CCN(C2CN(c3cc(C=O)c(C(=O)N(C)C4CCC(=O)NC4=O)cc3F)C2)CC1)c1ccc(C2(C#N)CC2)cc1. The van der Waals surface area contributed by atoms with E-state index in [0.717, 1.165) is 96.5 Å². The molecule has 300 valence electrons. The monoisotopic (exact) mass is 785 g/mol. The van der Waals surface area contributed by atoms with Crippen molar-refractivity contribution in [1.29, 1.82) is 5.26 Å². The molecule has 3 saturated heterocycles. The molecule has 4 fully saturated rings. The summed E-state index contributed by atoms with van der Waals surface area (Å²) in [6.07, 6.45) is 4.57. The van der Waals surface area contributed by atoms with Crippen LogP contribution < -0.4 is 15.1 Å². The molecule has 0 bridgehead atoms. The number of carbonyl (C=O) groups is 4. The normalized spacial score (nSPS) is 19.6. The number of nitrogens with zero attached hydrogens (tertiary/aromatic N) is 6. The number of hydrogen-bond donors (Lipinski definition) is 1. The molecule has 3 aliphatic heterocycles. The number of nitrogens with one attached hydrogen (secondary N) is 1. The van der Waals surface area contributed by atoms with Crippen molar-refractivity contribution in [1.82, 2.24) is 20.3 Å². The van der Waals surface area contributed by atoms with Gasteiger partial charge < -0.3 is 19.2 Å². The zero-order valence-electron chi connectivity index (χ0n) is 33.4. The van der Waals surface area contributed by atoms with E-state index in [4.69, 9.17) is 4.52 Å². The molecule has 1 unspecified atom stereocenters. The summed E-state index contributed by atoms with van der Waals surface area (Å²) in [5.74, 6) is -1.06. The summed E-state index contributed by atoms with van der Waals surface area (Å²) < 4.78 is 21.2. The quantitative estimate of drug-likeness (QED) is 0.134. The van der Waals surface area contributed by atoms with Gasteiger partial charge in [0.25, 0.3) is 5.91 Å². The van der Waals surface area contributed by atoms with Gasteiger partial charge in [0.2, 0.25) is 11.8 Å². The van der Waals surface area contributed by atoms with E-state index in [0.29, 0.717) is 25.3 Å². The maximum atomic E-state index is 15.6. The third-order valence-corrected chi connectivity index (χ3v) is 12.8. The molecular formula is C45H48FN7O5. The highest BCUT2D eigenvalue weighted by atomic mass is 19.1. The van der Waals surface area contributed by atoms with Crippen LogP contribution in [0.3, 0.4) is 0 Å². The van der Waals surface area contributed by atoms with Crippen molar-refractivity contribution >= 4 is 41.1 Å². The maximum absolute atomic E-state index is 15.6. The zero-order chi connectivity index (χ0) is 40.9. The first-order chi connectivity index (χ1) is 27.9. The standard InChI is InChI=1S/C45H48FN7O5/c1-27-5-6-31(42-28(2)49-58-29(42)3)19-39(27)53(34-9-7-33(8-10-34)45(26-47)15-16-45)22-30-13-17-51(18-14-30)35-23-52(24-35)40-20-32(25-54)36(21-37(40)46)44(57)50(4)38-11-12-41(55)48-43(38)56/h5-10,19-21,25,30,35,38H,11-18,22-24H2,1-4H3,(H,48,55,56). The second-order valence-electron chi connectivity index (χ2n) is 16.5. The molecule has 12 nitrogen and oxygen atoms in total. The fraction of sp³-hybridized carbons (Fsp3) is 0.422. The minimum atomic E-state index is -0.887. The van der Waals surface area contributed by atoms with E-state index in [-0.39, 0.29) is 41.1 Å². The molecule has 3 amide bonds. The van der Waals surface area contributed by atoms with Crippen molar-refractivity contribution in [3.05, 3.63) is 94.1 Å². The molecule has 0 radical (unpaired) electrons. The largest absolute Gasteiger partial charge is 0.366 e. The first kappa shape index (κ1) is 39.0. The van der Waals surface area contributed by atoms with Crippen LogP contribution in [0.25, 0.3) is 11.1 Å². The Morgan fingerprint density at radius 2 is 1.78 bits per heavy atom. The lowest BCUT2D eigenvalue weighted by molar-refractivity contribution is -0.136. The van der Waals surface area contributed by atoms with Gasteiger partial charge in [-0.3, -0.25) is 29.4 Å². The highest BCUT2D eigenvalue weighted by molar-refractivity contribution is 6.06. The van der Waals surface area contributed by atoms with Gasteiger partial charge in [0.15, 0.2) is 6.29 Å². The van der Waals surface area contributed by atoms with Crippen LogP contribution in [0.15, 0.2) is 59.1 Å². The molecule has 4 aromatic rings. The second-order valence-corrected chi connectivity index (χ2v) is 16.5. The molecule has 0 spiro atoms. The topological polar surface area (TPSA) is 143 Å². The number of hydrogen-bond acceptors (Lipinski definition) is 10. The van der Waals surface area contributed by atoms with Crippen molar-refractivity contribution in [2.75, 3.05) is 49.6 Å². The molecule has 4 aliphatic rings. The second kappa shape index (κ2) is 15.5. The van der Waals surface area contributed by atoms with Gasteiger partial charge in [-0.2, -0.15) is 5.26 Å². The van der Waals surface area contributed by atoms with E-state index in [1.807, 2.05) is 18.7 Å². The summed E-state index contributed by atoms with van der Waals surface area (Å²) in [6.45, 7) is 9.86. The minimum Gasteiger partial charge on any atom is -0.366 e. The fourth-order valence-corrected chi connectivity index (χ4v) is 8.97. The van der Waals surface area contributed by atoms with Crippen molar-refractivity contribution in [3.63, 3.8) is 0 Å². The number of nitriles is 1. The Bertz CT molecular complexity index is 2300. The predicted molar refractivity (Wildman–Crippen MR) is 216 cm³/mol. The van der Waals surface area contributed by atoms with Crippen LogP contribution in [0.1, 0.15) is 81.8 Å². The van der Waals surface area contributed by atoms with Crippen LogP contribution in [-0.4, -0.2) is 90.8 Å². The van der Waals surface area contributed by atoms with E-state index in [2.05, 4.69) is 75.7 Å². The van der Waals surface area contributed by atoms with E-state index in [1.165, 1.54) is 18.0 Å². The van der Waals surface area contributed by atoms with Crippen LogP contribution in [0.4, 0.5) is 21.5 Å². The number of piperidine rings is 2. The summed E-state index contributed by atoms with van der Waals surface area (Å²) in [7, 11) is 1.42. The van der Waals surface area contributed by atoms with Crippen LogP contribution in [-0.2, 0) is 15.0 Å². The van der Waals surface area contributed by atoms with Gasteiger partial charge in [-0.1, -0.05) is 29.4 Å². The van der Waals surface area contributed by atoms with Gasteiger partial charge >= 0.3 is 0 Å². The number of likely N-dealkylation sites (tertiary alicyclic amines) is 1. The first-order valence-electron chi connectivity index (χ1n) is 20.1. The van der Waals surface area contributed by atoms with Crippen molar-refractivity contribution in [3.8, 4) is 17.2 Å². The van der Waals surface area contributed by atoms with Gasteiger partial charge in [0, 0.05) is 61.6 Å². The smallest absolute Gasteiger partial charge is 0.255 e. The Morgan fingerprint density at radius 1 is 1.05 bits per heavy atom. The summed E-state index contributed by atoms with van der Waals surface area (Å²) >= 11 is 0. The molecular weight excluding hydrogens is 738 g/mol. The highest BCUT2D eigenvalue weighted by Crippen LogP contribution is 2.48. The summed E-state index contributed by atoms with van der Waals surface area (Å²) in [6, 6.07) is 19.4. The van der Waals surface area contributed by atoms with Gasteiger partial charge in [0.05, 0.1) is 28.4 Å². The number of carbonyl (C=O) groups excluding carboxylic acids is 4. The lowest BCUT2D eigenvalue weighted by atomic mass is 9.92. The third kappa shape index (κ3) is 7.26. The molecule has 1 aromatic heterocycles. The van der Waals surface area contributed by atoms with Gasteiger partial charge in [-0.15, -0.1) is 0 Å². The van der Waals surface area contributed by atoms with E-state index in [9.17, 15) is 24.4 Å². The molecule has 58 heavy (non-hydrogen) atoms. The average Bonchev–Trinajstić information content (AvgIpc) is 3.94. The Morgan fingerprint density at radius 3 is 2.40 bits per heavy atom. The van der Waals surface area contributed by atoms with Crippen LogP contribution in [0.5, 0.6) is 0 Å². The number of rotatable bonds is 11. The van der Waals surface area contributed by atoms with E-state index >= 15 is 4.39 Å². The first-order valence-corrected chi connectivity index (χ1v) is 20.1. The van der Waals surface area contributed by atoms with Gasteiger partial charge in [-0.25, -0.2) is 4.39 Å². The maximum Gasteiger partial charge on any atom is 0.255 e. The Balaban J connectivity index is 0.938. The molecule has 8 rings (SSSR count). The highest BCUT2D eigenvalue weighted by Gasteiger charge is 2.45. The minimum absolute atomic E-state index is 0.0496. The molecule has 1 saturated carbocycles. The van der Waals surface area contributed by atoms with E-state index in [1.54, 1.807) is 0 Å². The number of benzene rings is 3. The number of aryl methyl sites for hydroxylation is 3. The number of amides is 3. The molecule has 3 aromatic carbocycles. The Kier molecular flexibility index (Phi) is 10.4.